The van der Waals surface area contributed by atoms with E-state index in [0.717, 1.165) is 22.3 Å². The first-order valence-electron chi connectivity index (χ1n) is 10.3. The van der Waals surface area contributed by atoms with E-state index in [9.17, 15) is 9.90 Å². The average molecular weight is 417 g/mol. The molecule has 7 heteroatoms. The minimum atomic E-state index is -0.674. The molecule has 1 aliphatic heterocycles. The third kappa shape index (κ3) is 4.05. The molecule has 0 aliphatic carbocycles. The van der Waals surface area contributed by atoms with Gasteiger partial charge in [0.2, 0.25) is 0 Å². The molecule has 0 saturated heterocycles. The highest BCUT2D eigenvalue weighted by molar-refractivity contribution is 6.07. The number of carbonyl (C=O) groups excluding carboxylic acids is 1. The van der Waals surface area contributed by atoms with Crippen molar-refractivity contribution >= 4 is 33.5 Å². The van der Waals surface area contributed by atoms with Crippen LogP contribution < -0.4 is 20.1 Å². The van der Waals surface area contributed by atoms with Crippen LogP contribution in [0.15, 0.2) is 60.7 Å². The van der Waals surface area contributed by atoms with Crippen molar-refractivity contribution in [2.24, 2.45) is 0 Å². The number of benzene rings is 3. The van der Waals surface area contributed by atoms with Crippen LogP contribution >= 0.6 is 0 Å². The molecule has 0 spiro atoms. The van der Waals surface area contributed by atoms with Gasteiger partial charge in [0, 0.05) is 35.4 Å². The molecule has 0 bridgehead atoms. The Balaban J connectivity index is 1.12. The number of rotatable bonds is 7. The summed E-state index contributed by atoms with van der Waals surface area (Å²) in [6.07, 6.45) is -0.674. The number of nitrogens with one attached hydrogen (secondary N) is 3. The number of aliphatic hydroxyl groups excluding tert-OH is 1. The second-order valence-corrected chi connectivity index (χ2v) is 7.53. The minimum Gasteiger partial charge on any atom is -0.492 e. The number of aliphatic hydroxyl groups is 1. The van der Waals surface area contributed by atoms with Gasteiger partial charge < -0.3 is 30.2 Å². The van der Waals surface area contributed by atoms with E-state index in [1.807, 2.05) is 24.3 Å². The van der Waals surface area contributed by atoms with Gasteiger partial charge in [-0.1, -0.05) is 24.3 Å². The highest BCUT2D eigenvalue weighted by Crippen LogP contribution is 2.30. The lowest BCUT2D eigenvalue weighted by Crippen LogP contribution is -2.27. The van der Waals surface area contributed by atoms with Gasteiger partial charge in [0.25, 0.3) is 0 Å². The Morgan fingerprint density at radius 1 is 1.06 bits per heavy atom. The summed E-state index contributed by atoms with van der Waals surface area (Å²) in [5.74, 6) is 0.975. The van der Waals surface area contributed by atoms with Gasteiger partial charge in [-0.25, -0.2) is 4.79 Å². The lowest BCUT2D eigenvalue weighted by molar-refractivity contribution is -0.132. The Kier molecular flexibility index (Phi) is 5.19. The number of ether oxygens (including phenoxy) is 2. The van der Waals surface area contributed by atoms with Crippen molar-refractivity contribution in [2.75, 3.05) is 31.6 Å². The third-order valence-electron chi connectivity index (χ3n) is 5.40. The van der Waals surface area contributed by atoms with Crippen molar-refractivity contribution < 1.29 is 19.4 Å². The number of para-hydroxylation sites is 1. The lowest BCUT2D eigenvalue weighted by Gasteiger charge is -2.20. The molecule has 0 saturated carbocycles. The number of fused-ring (bicyclic) bond motifs is 4. The van der Waals surface area contributed by atoms with Crippen LogP contribution in [0.3, 0.4) is 0 Å². The molecule has 1 aromatic heterocycles. The van der Waals surface area contributed by atoms with Crippen LogP contribution in [-0.4, -0.2) is 42.3 Å². The molecule has 2 heterocycles. The average Bonchev–Trinajstić information content (AvgIpc) is 3.16. The number of aromatic amines is 1. The largest absolute Gasteiger partial charge is 0.492 e. The van der Waals surface area contributed by atoms with E-state index in [4.69, 9.17) is 9.47 Å². The molecule has 0 fully saturated rings. The molecule has 7 nitrogen and oxygen atoms in total. The second-order valence-electron chi connectivity index (χ2n) is 7.53. The predicted molar refractivity (Wildman–Crippen MR) is 120 cm³/mol. The SMILES string of the molecule is O=C1CNc2cc(C(O)CNCCOc3ccc4c(c3)[nH]c3ccccc34)ccc2O1. The summed E-state index contributed by atoms with van der Waals surface area (Å²) in [5, 5.41) is 19.0. The fraction of sp³-hybridized carbons (Fsp3) is 0.208. The van der Waals surface area contributed by atoms with Crippen LogP contribution in [0, 0.1) is 0 Å². The zero-order valence-electron chi connectivity index (χ0n) is 16.9. The van der Waals surface area contributed by atoms with E-state index < -0.39 is 6.10 Å². The Morgan fingerprint density at radius 3 is 2.87 bits per heavy atom. The molecule has 31 heavy (non-hydrogen) atoms. The van der Waals surface area contributed by atoms with Crippen LogP contribution in [0.25, 0.3) is 21.8 Å². The Hall–Kier alpha value is -3.55. The Bertz CT molecular complexity index is 1250. The number of esters is 1. The quantitative estimate of drug-likeness (QED) is 0.209. The van der Waals surface area contributed by atoms with Gasteiger partial charge in [-0.15, -0.1) is 0 Å². The zero-order valence-corrected chi connectivity index (χ0v) is 16.9. The number of carbonyl (C=O) groups is 1. The van der Waals surface area contributed by atoms with Crippen LogP contribution in [0.2, 0.25) is 0 Å². The monoisotopic (exact) mass is 417 g/mol. The summed E-state index contributed by atoms with van der Waals surface area (Å²) >= 11 is 0. The number of anilines is 1. The molecular weight excluding hydrogens is 394 g/mol. The zero-order chi connectivity index (χ0) is 21.2. The van der Waals surface area contributed by atoms with Crippen molar-refractivity contribution in [3.05, 3.63) is 66.2 Å². The standard InChI is InChI=1S/C24H23N3O4/c28-22(15-5-8-23-21(11-15)26-14-24(29)31-23)13-25-9-10-30-16-6-7-18-17-3-1-2-4-19(17)27-20(18)12-16/h1-8,11-12,22,25-28H,9-10,13-14H2. The fourth-order valence-electron chi connectivity index (χ4n) is 3.83. The lowest BCUT2D eigenvalue weighted by atomic mass is 10.1. The summed E-state index contributed by atoms with van der Waals surface area (Å²) in [4.78, 5) is 14.7. The van der Waals surface area contributed by atoms with Gasteiger partial charge in [0.1, 0.15) is 18.9 Å². The van der Waals surface area contributed by atoms with Gasteiger partial charge >= 0.3 is 5.97 Å². The number of hydrogen-bond acceptors (Lipinski definition) is 6. The molecule has 3 aromatic carbocycles. The van der Waals surface area contributed by atoms with Crippen LogP contribution in [0.4, 0.5) is 5.69 Å². The first kappa shape index (κ1) is 19.4. The molecule has 4 aromatic rings. The first-order chi connectivity index (χ1) is 15.2. The molecule has 1 atom stereocenters. The van der Waals surface area contributed by atoms with E-state index in [1.165, 1.54) is 10.8 Å². The molecule has 5 rings (SSSR count). The van der Waals surface area contributed by atoms with E-state index in [1.54, 1.807) is 18.2 Å². The van der Waals surface area contributed by atoms with Gasteiger partial charge in [-0.05, 0) is 35.9 Å². The van der Waals surface area contributed by atoms with Crippen molar-refractivity contribution in [3.63, 3.8) is 0 Å². The van der Waals surface area contributed by atoms with Gasteiger partial charge in [-0.3, -0.25) is 0 Å². The number of aromatic nitrogens is 1. The van der Waals surface area contributed by atoms with Gasteiger partial charge in [-0.2, -0.15) is 0 Å². The molecule has 1 unspecified atom stereocenters. The predicted octanol–water partition coefficient (Wildman–Crippen LogP) is 3.35. The summed E-state index contributed by atoms with van der Waals surface area (Å²) in [5.41, 5.74) is 3.63. The molecule has 0 radical (unpaired) electrons. The normalized spacial score (nSPS) is 14.2. The van der Waals surface area contributed by atoms with Crippen molar-refractivity contribution in [1.29, 1.82) is 0 Å². The smallest absolute Gasteiger partial charge is 0.330 e. The molecule has 4 N–H and O–H groups in total. The van der Waals surface area contributed by atoms with E-state index >= 15 is 0 Å². The van der Waals surface area contributed by atoms with E-state index in [2.05, 4.69) is 33.8 Å². The van der Waals surface area contributed by atoms with Crippen LogP contribution in [0.1, 0.15) is 11.7 Å². The molecule has 158 valence electrons. The van der Waals surface area contributed by atoms with E-state index in [-0.39, 0.29) is 12.5 Å². The topological polar surface area (TPSA) is 95.6 Å². The van der Waals surface area contributed by atoms with Crippen LogP contribution in [0.5, 0.6) is 11.5 Å². The van der Waals surface area contributed by atoms with Gasteiger partial charge in [0.05, 0.1) is 17.3 Å². The number of H-pyrrole nitrogens is 1. The summed E-state index contributed by atoms with van der Waals surface area (Å²) in [6, 6.07) is 19.5. The maximum atomic E-state index is 11.3. The number of hydrogen-bond donors (Lipinski definition) is 4. The highest BCUT2D eigenvalue weighted by atomic mass is 16.5. The van der Waals surface area contributed by atoms with Crippen molar-refractivity contribution in [1.82, 2.24) is 10.3 Å². The minimum absolute atomic E-state index is 0.131. The maximum absolute atomic E-state index is 11.3. The van der Waals surface area contributed by atoms with E-state index in [0.29, 0.717) is 31.1 Å². The summed E-state index contributed by atoms with van der Waals surface area (Å²) in [6.45, 7) is 1.61. The van der Waals surface area contributed by atoms with Gasteiger partial charge in [0.15, 0.2) is 5.75 Å². The Labute approximate surface area is 179 Å². The van der Waals surface area contributed by atoms with Crippen molar-refractivity contribution in [3.8, 4) is 11.5 Å². The highest BCUT2D eigenvalue weighted by Gasteiger charge is 2.18. The Morgan fingerprint density at radius 2 is 1.94 bits per heavy atom. The third-order valence-corrected chi connectivity index (χ3v) is 5.40. The molecule has 0 amide bonds. The first-order valence-corrected chi connectivity index (χ1v) is 10.3. The maximum Gasteiger partial charge on any atom is 0.330 e. The fourth-order valence-corrected chi connectivity index (χ4v) is 3.83. The van der Waals surface area contributed by atoms with Crippen molar-refractivity contribution in [2.45, 2.75) is 6.10 Å². The molecular formula is C24H23N3O4. The summed E-state index contributed by atoms with van der Waals surface area (Å²) in [7, 11) is 0. The van der Waals surface area contributed by atoms with Crippen LogP contribution in [-0.2, 0) is 4.79 Å². The molecule has 1 aliphatic rings. The summed E-state index contributed by atoms with van der Waals surface area (Å²) < 4.78 is 11.0. The second kappa shape index (κ2) is 8.29.